The Morgan fingerprint density at radius 1 is 1.26 bits per heavy atom. The summed E-state index contributed by atoms with van der Waals surface area (Å²) in [7, 11) is 1.52. The number of benzene rings is 1. The summed E-state index contributed by atoms with van der Waals surface area (Å²) in [6.45, 7) is 4.08. The van der Waals surface area contributed by atoms with Crippen LogP contribution in [-0.2, 0) is 13.6 Å². The van der Waals surface area contributed by atoms with Crippen LogP contribution in [0.4, 0.5) is 11.4 Å². The Kier molecular flexibility index (Phi) is 4.95. The number of hydrogen-bond donors (Lipinski definition) is 1. The van der Waals surface area contributed by atoms with Crippen LogP contribution in [0.3, 0.4) is 0 Å². The second kappa shape index (κ2) is 7.20. The van der Waals surface area contributed by atoms with Gasteiger partial charge in [0.25, 0.3) is 5.91 Å². The molecule has 0 bridgehead atoms. The number of nitrogens with zero attached hydrogens (tertiary/aromatic N) is 5. The van der Waals surface area contributed by atoms with Gasteiger partial charge in [0.1, 0.15) is 6.20 Å². The molecule has 0 saturated carbocycles. The minimum Gasteiger partial charge on any atom is -0.317 e. The molecule has 0 spiro atoms. The Morgan fingerprint density at radius 3 is 2.56 bits per heavy atom. The molecule has 1 N–H and O–H groups in total. The van der Waals surface area contributed by atoms with Crippen LogP contribution >= 0.6 is 11.6 Å². The molecule has 10 heteroatoms. The van der Waals surface area contributed by atoms with Crippen molar-refractivity contribution in [3.05, 3.63) is 68.2 Å². The standard InChI is InChI=1S/C17H17ClN6O3/c1-10-15(19-17(25)16-14(24(26)27)9-22(3)21-16)11(2)23(20-10)8-12-4-6-13(18)7-5-12/h4-7,9H,8H2,1-3H3,(H,19,25). The Balaban J connectivity index is 1.85. The number of rotatable bonds is 5. The molecule has 1 aromatic carbocycles. The molecule has 0 saturated heterocycles. The number of halogens is 1. The van der Waals surface area contributed by atoms with E-state index in [1.165, 1.54) is 17.9 Å². The van der Waals surface area contributed by atoms with Gasteiger partial charge in [0.05, 0.1) is 28.5 Å². The third kappa shape index (κ3) is 3.82. The van der Waals surface area contributed by atoms with Crippen molar-refractivity contribution in [2.24, 2.45) is 7.05 Å². The zero-order valence-corrected chi connectivity index (χ0v) is 15.7. The Labute approximate surface area is 159 Å². The van der Waals surface area contributed by atoms with Crippen LogP contribution in [0.1, 0.15) is 27.4 Å². The number of anilines is 1. The van der Waals surface area contributed by atoms with Crippen LogP contribution in [-0.4, -0.2) is 30.4 Å². The van der Waals surface area contributed by atoms with E-state index in [-0.39, 0.29) is 11.4 Å². The number of nitrogens with one attached hydrogen (secondary N) is 1. The molecule has 2 aromatic heterocycles. The molecule has 0 aliphatic heterocycles. The molecule has 3 rings (SSSR count). The molecule has 0 fully saturated rings. The smallest absolute Gasteiger partial charge is 0.317 e. The second-order valence-electron chi connectivity index (χ2n) is 6.08. The van der Waals surface area contributed by atoms with Gasteiger partial charge < -0.3 is 5.32 Å². The average Bonchev–Trinajstić information content (AvgIpc) is 3.12. The molecule has 0 unspecified atom stereocenters. The first-order chi connectivity index (χ1) is 12.8. The fourth-order valence-corrected chi connectivity index (χ4v) is 2.86. The Morgan fingerprint density at radius 2 is 1.93 bits per heavy atom. The minimum absolute atomic E-state index is 0.244. The van der Waals surface area contributed by atoms with Gasteiger partial charge in [-0.3, -0.25) is 24.3 Å². The van der Waals surface area contributed by atoms with Crippen LogP contribution in [0.2, 0.25) is 5.02 Å². The van der Waals surface area contributed by atoms with Crippen molar-refractivity contribution in [2.75, 3.05) is 5.32 Å². The maximum atomic E-state index is 12.5. The summed E-state index contributed by atoms with van der Waals surface area (Å²) in [5.41, 5.74) is 2.26. The highest BCUT2D eigenvalue weighted by atomic mass is 35.5. The predicted octanol–water partition coefficient (Wildman–Crippen LogP) is 3.10. The molecule has 0 atom stereocenters. The fourth-order valence-electron chi connectivity index (χ4n) is 2.74. The van der Waals surface area contributed by atoms with Crippen LogP contribution < -0.4 is 5.32 Å². The summed E-state index contributed by atoms with van der Waals surface area (Å²) in [5, 5.41) is 22.8. The molecular weight excluding hydrogens is 372 g/mol. The largest absolute Gasteiger partial charge is 0.320 e. The van der Waals surface area contributed by atoms with Gasteiger partial charge in [0.2, 0.25) is 5.69 Å². The lowest BCUT2D eigenvalue weighted by molar-refractivity contribution is -0.385. The van der Waals surface area contributed by atoms with Crippen molar-refractivity contribution >= 4 is 28.9 Å². The molecule has 27 heavy (non-hydrogen) atoms. The Hall–Kier alpha value is -3.20. The van der Waals surface area contributed by atoms with Gasteiger partial charge >= 0.3 is 5.69 Å². The zero-order chi connectivity index (χ0) is 19.7. The van der Waals surface area contributed by atoms with Gasteiger partial charge in [-0.05, 0) is 31.5 Å². The minimum atomic E-state index is -0.653. The van der Waals surface area contributed by atoms with E-state index in [2.05, 4.69) is 15.5 Å². The van der Waals surface area contributed by atoms with Crippen LogP contribution in [0, 0.1) is 24.0 Å². The first-order valence-corrected chi connectivity index (χ1v) is 8.42. The van der Waals surface area contributed by atoms with Gasteiger partial charge in [-0.15, -0.1) is 0 Å². The average molecular weight is 389 g/mol. The van der Waals surface area contributed by atoms with Gasteiger partial charge in [0, 0.05) is 12.1 Å². The maximum Gasteiger partial charge on any atom is 0.320 e. The first-order valence-electron chi connectivity index (χ1n) is 8.04. The molecule has 9 nitrogen and oxygen atoms in total. The number of carbonyl (C=O) groups is 1. The van der Waals surface area contributed by atoms with Crippen molar-refractivity contribution in [3.63, 3.8) is 0 Å². The first kappa shape index (κ1) is 18.6. The van der Waals surface area contributed by atoms with Crippen molar-refractivity contribution in [1.29, 1.82) is 0 Å². The van der Waals surface area contributed by atoms with E-state index < -0.39 is 10.8 Å². The summed E-state index contributed by atoms with van der Waals surface area (Å²) in [5.74, 6) is -0.653. The number of aromatic nitrogens is 4. The molecule has 2 heterocycles. The van der Waals surface area contributed by atoms with E-state index in [9.17, 15) is 14.9 Å². The molecule has 0 radical (unpaired) electrons. The molecular formula is C17H17ClN6O3. The summed E-state index contributed by atoms with van der Waals surface area (Å²) < 4.78 is 2.98. The van der Waals surface area contributed by atoms with E-state index in [0.29, 0.717) is 22.9 Å². The highest BCUT2D eigenvalue weighted by molar-refractivity contribution is 6.30. The summed E-state index contributed by atoms with van der Waals surface area (Å²) in [6.07, 6.45) is 1.19. The van der Waals surface area contributed by atoms with Crippen molar-refractivity contribution in [1.82, 2.24) is 19.6 Å². The van der Waals surface area contributed by atoms with Crippen molar-refractivity contribution in [3.8, 4) is 0 Å². The predicted molar refractivity (Wildman–Crippen MR) is 100 cm³/mol. The van der Waals surface area contributed by atoms with Gasteiger partial charge in [0.15, 0.2) is 0 Å². The third-order valence-electron chi connectivity index (χ3n) is 4.09. The second-order valence-corrected chi connectivity index (χ2v) is 6.51. The third-order valence-corrected chi connectivity index (χ3v) is 4.34. The Bertz CT molecular complexity index is 1020. The van der Waals surface area contributed by atoms with Gasteiger partial charge in [-0.1, -0.05) is 23.7 Å². The van der Waals surface area contributed by atoms with Gasteiger partial charge in [-0.25, -0.2) is 0 Å². The van der Waals surface area contributed by atoms with Crippen molar-refractivity contribution < 1.29 is 9.72 Å². The number of amides is 1. The van der Waals surface area contributed by atoms with E-state index in [0.717, 1.165) is 11.3 Å². The van der Waals surface area contributed by atoms with Crippen molar-refractivity contribution in [2.45, 2.75) is 20.4 Å². The van der Waals surface area contributed by atoms with Crippen LogP contribution in [0.5, 0.6) is 0 Å². The molecule has 0 aliphatic rings. The number of aryl methyl sites for hydroxylation is 2. The maximum absolute atomic E-state index is 12.5. The van der Waals surface area contributed by atoms with Crippen LogP contribution in [0.15, 0.2) is 30.5 Å². The highest BCUT2D eigenvalue weighted by Gasteiger charge is 2.26. The lowest BCUT2D eigenvalue weighted by atomic mass is 10.2. The number of carbonyl (C=O) groups excluding carboxylic acids is 1. The summed E-state index contributed by atoms with van der Waals surface area (Å²) >= 11 is 5.90. The lowest BCUT2D eigenvalue weighted by Gasteiger charge is -2.07. The monoisotopic (exact) mass is 388 g/mol. The summed E-state index contributed by atoms with van der Waals surface area (Å²) in [6, 6.07) is 7.39. The number of hydrogen-bond acceptors (Lipinski definition) is 5. The number of nitro groups is 1. The quantitative estimate of drug-likeness (QED) is 0.533. The molecule has 0 aliphatic carbocycles. The topological polar surface area (TPSA) is 108 Å². The van der Waals surface area contributed by atoms with Crippen LogP contribution in [0.25, 0.3) is 0 Å². The molecule has 3 aromatic rings. The molecule has 1 amide bonds. The summed E-state index contributed by atoms with van der Waals surface area (Å²) in [4.78, 5) is 23.0. The lowest BCUT2D eigenvalue weighted by Crippen LogP contribution is -2.15. The normalized spacial score (nSPS) is 10.8. The SMILES string of the molecule is Cc1nn(Cc2ccc(Cl)cc2)c(C)c1NC(=O)c1nn(C)cc1[N+](=O)[O-]. The van der Waals surface area contributed by atoms with E-state index in [1.807, 2.05) is 19.1 Å². The fraction of sp³-hybridized carbons (Fsp3) is 0.235. The zero-order valence-electron chi connectivity index (χ0n) is 14.9. The highest BCUT2D eigenvalue weighted by Crippen LogP contribution is 2.23. The van der Waals surface area contributed by atoms with E-state index in [1.54, 1.807) is 23.7 Å². The van der Waals surface area contributed by atoms with E-state index >= 15 is 0 Å². The van der Waals surface area contributed by atoms with E-state index in [4.69, 9.17) is 11.6 Å². The van der Waals surface area contributed by atoms with Gasteiger partial charge in [-0.2, -0.15) is 10.2 Å². The molecule has 140 valence electrons.